The predicted molar refractivity (Wildman–Crippen MR) is 101 cm³/mol. The van der Waals surface area contributed by atoms with E-state index in [1.165, 1.54) is 6.92 Å². The fourth-order valence-corrected chi connectivity index (χ4v) is 5.75. The Morgan fingerprint density at radius 3 is 2.85 bits per heavy atom. The molecule has 0 amide bonds. The van der Waals surface area contributed by atoms with Gasteiger partial charge in [0.2, 0.25) is 0 Å². The van der Waals surface area contributed by atoms with E-state index in [-0.39, 0.29) is 29.2 Å². The zero-order valence-electron chi connectivity index (χ0n) is 16.4. The van der Waals surface area contributed by atoms with Crippen LogP contribution in [0, 0.1) is 22.7 Å². The third kappa shape index (κ3) is 3.61. The van der Waals surface area contributed by atoms with Crippen LogP contribution in [0.4, 0.5) is 0 Å². The second kappa shape index (κ2) is 7.61. The predicted octanol–water partition coefficient (Wildman–Crippen LogP) is 3.77. The fourth-order valence-electron chi connectivity index (χ4n) is 5.75. The van der Waals surface area contributed by atoms with Crippen LogP contribution in [-0.2, 0) is 23.9 Å². The van der Waals surface area contributed by atoms with E-state index in [0.29, 0.717) is 25.2 Å². The Morgan fingerprint density at radius 1 is 1.44 bits per heavy atom. The molecule has 2 aliphatic carbocycles. The molecule has 0 aromatic heterocycles. The average Bonchev–Trinajstić information content (AvgIpc) is 3.04. The van der Waals surface area contributed by atoms with Crippen LogP contribution in [0.15, 0.2) is 23.8 Å². The largest absolute Gasteiger partial charge is 0.465 e. The topological polar surface area (TPSA) is 69.7 Å². The van der Waals surface area contributed by atoms with E-state index in [1.807, 2.05) is 6.08 Å². The lowest BCUT2D eigenvalue weighted by atomic mass is 9.46. The van der Waals surface area contributed by atoms with E-state index in [4.69, 9.17) is 9.47 Å². The molecule has 3 aliphatic rings. The molecule has 0 radical (unpaired) electrons. The lowest BCUT2D eigenvalue weighted by molar-refractivity contribution is -0.156. The highest BCUT2D eigenvalue weighted by atomic mass is 16.5. The van der Waals surface area contributed by atoms with Gasteiger partial charge >= 0.3 is 11.9 Å². The summed E-state index contributed by atoms with van der Waals surface area (Å²) in [4.78, 5) is 35.7. The first-order chi connectivity index (χ1) is 12.8. The maximum atomic E-state index is 12.5. The van der Waals surface area contributed by atoms with E-state index >= 15 is 0 Å². The van der Waals surface area contributed by atoms with Crippen LogP contribution in [-0.4, -0.2) is 31.4 Å². The van der Waals surface area contributed by atoms with Crippen LogP contribution >= 0.6 is 0 Å². The maximum absolute atomic E-state index is 12.5. The first kappa shape index (κ1) is 19.8. The minimum Gasteiger partial charge on any atom is -0.465 e. The molecule has 148 valence electrons. The van der Waals surface area contributed by atoms with Gasteiger partial charge in [0.05, 0.1) is 6.61 Å². The quantitative estimate of drug-likeness (QED) is 0.402. The smallest absolute Gasteiger partial charge is 0.334 e. The van der Waals surface area contributed by atoms with Crippen molar-refractivity contribution in [1.29, 1.82) is 0 Å². The van der Waals surface area contributed by atoms with Crippen molar-refractivity contribution in [3.63, 3.8) is 0 Å². The van der Waals surface area contributed by atoms with Crippen molar-refractivity contribution in [2.75, 3.05) is 13.2 Å². The number of carbonyl (C=O) groups is 3. The van der Waals surface area contributed by atoms with Crippen molar-refractivity contribution in [2.45, 2.75) is 58.8 Å². The maximum Gasteiger partial charge on any atom is 0.334 e. The Morgan fingerprint density at radius 2 is 2.22 bits per heavy atom. The molecule has 3 rings (SSSR count). The molecule has 27 heavy (non-hydrogen) atoms. The standard InChI is InChI=1S/C22H30O5/c1-15-5-8-19-21(3,14-27-16(2)24)10-4-11-22(19,13-23)18(15)7-6-17-9-12-26-20(17)25/h9,13,18-19H,1,4-8,10-12,14H2,2-3H3/t18-,19+,21+,22-/m1/s1. The summed E-state index contributed by atoms with van der Waals surface area (Å²) in [6, 6.07) is 0. The Bertz CT molecular complexity index is 678. The van der Waals surface area contributed by atoms with Gasteiger partial charge in [-0.15, -0.1) is 0 Å². The Hall–Kier alpha value is -1.91. The van der Waals surface area contributed by atoms with Gasteiger partial charge < -0.3 is 14.3 Å². The number of cyclic esters (lactones) is 1. The normalized spacial score (nSPS) is 35.9. The van der Waals surface area contributed by atoms with Gasteiger partial charge in [-0.1, -0.05) is 25.5 Å². The number of aldehydes is 1. The zero-order chi connectivity index (χ0) is 19.7. The molecule has 5 nitrogen and oxygen atoms in total. The molecule has 4 atom stereocenters. The molecule has 2 fully saturated rings. The number of hydrogen-bond donors (Lipinski definition) is 0. The summed E-state index contributed by atoms with van der Waals surface area (Å²) in [5.74, 6) is -0.297. The number of allylic oxidation sites excluding steroid dienone is 1. The number of rotatable bonds is 6. The third-order valence-corrected chi connectivity index (χ3v) is 7.08. The van der Waals surface area contributed by atoms with Crippen LogP contribution in [0.5, 0.6) is 0 Å². The summed E-state index contributed by atoms with van der Waals surface area (Å²) in [6.07, 6.45) is 8.84. The molecule has 1 heterocycles. The van der Waals surface area contributed by atoms with Gasteiger partial charge in [-0.05, 0) is 56.4 Å². The Labute approximate surface area is 161 Å². The highest BCUT2D eigenvalue weighted by Gasteiger charge is 2.57. The summed E-state index contributed by atoms with van der Waals surface area (Å²) >= 11 is 0. The van der Waals surface area contributed by atoms with Crippen LogP contribution < -0.4 is 0 Å². The molecular formula is C22H30O5. The number of carbonyl (C=O) groups excluding carboxylic acids is 3. The van der Waals surface area contributed by atoms with E-state index < -0.39 is 5.41 Å². The van der Waals surface area contributed by atoms with Crippen LogP contribution in [0.1, 0.15) is 58.8 Å². The van der Waals surface area contributed by atoms with Gasteiger partial charge in [0.1, 0.15) is 12.9 Å². The van der Waals surface area contributed by atoms with Gasteiger partial charge in [-0.2, -0.15) is 0 Å². The van der Waals surface area contributed by atoms with E-state index in [2.05, 4.69) is 13.5 Å². The Balaban J connectivity index is 1.84. The van der Waals surface area contributed by atoms with Gasteiger partial charge in [0, 0.05) is 23.3 Å². The van der Waals surface area contributed by atoms with E-state index in [1.54, 1.807) is 0 Å². The van der Waals surface area contributed by atoms with Crippen molar-refractivity contribution in [3.05, 3.63) is 23.8 Å². The monoisotopic (exact) mass is 374 g/mol. The summed E-state index contributed by atoms with van der Waals surface area (Å²) in [5.41, 5.74) is 1.15. The van der Waals surface area contributed by atoms with Gasteiger partial charge in [-0.3, -0.25) is 4.79 Å². The van der Waals surface area contributed by atoms with Crippen molar-refractivity contribution >= 4 is 18.2 Å². The summed E-state index contributed by atoms with van der Waals surface area (Å²) in [6.45, 7) is 8.58. The summed E-state index contributed by atoms with van der Waals surface area (Å²) in [7, 11) is 0. The highest BCUT2D eigenvalue weighted by molar-refractivity contribution is 5.90. The van der Waals surface area contributed by atoms with Gasteiger partial charge in [-0.25, -0.2) is 4.79 Å². The molecule has 0 unspecified atom stereocenters. The molecule has 0 saturated heterocycles. The number of ether oxygens (including phenoxy) is 2. The average molecular weight is 374 g/mol. The number of fused-ring (bicyclic) bond motifs is 1. The van der Waals surface area contributed by atoms with Crippen molar-refractivity contribution in [1.82, 2.24) is 0 Å². The molecule has 0 bridgehead atoms. The summed E-state index contributed by atoms with van der Waals surface area (Å²) < 4.78 is 10.4. The van der Waals surface area contributed by atoms with E-state index in [9.17, 15) is 14.4 Å². The first-order valence-corrected chi connectivity index (χ1v) is 9.96. The van der Waals surface area contributed by atoms with Crippen LogP contribution in [0.3, 0.4) is 0 Å². The van der Waals surface area contributed by atoms with Crippen LogP contribution in [0.2, 0.25) is 0 Å². The van der Waals surface area contributed by atoms with Gasteiger partial charge in [0.15, 0.2) is 0 Å². The van der Waals surface area contributed by atoms with Crippen molar-refractivity contribution < 1.29 is 23.9 Å². The SMILES string of the molecule is C=C1CC[C@H]2[C@](C)(COC(C)=O)CCC[C@@]2(C=O)[C@@H]1CCC1=CCOC1=O. The number of esters is 2. The second-order valence-corrected chi connectivity index (χ2v) is 8.69. The minimum atomic E-state index is -0.481. The first-order valence-electron chi connectivity index (χ1n) is 9.96. The molecular weight excluding hydrogens is 344 g/mol. The molecule has 0 aromatic carbocycles. The van der Waals surface area contributed by atoms with Crippen LogP contribution in [0.25, 0.3) is 0 Å². The fraction of sp³-hybridized carbons (Fsp3) is 0.682. The third-order valence-electron chi connectivity index (χ3n) is 7.08. The van der Waals surface area contributed by atoms with Crippen molar-refractivity contribution in [3.8, 4) is 0 Å². The summed E-state index contributed by atoms with van der Waals surface area (Å²) in [5, 5.41) is 0. The van der Waals surface area contributed by atoms with Gasteiger partial charge in [0.25, 0.3) is 0 Å². The Kier molecular flexibility index (Phi) is 5.59. The van der Waals surface area contributed by atoms with Crippen molar-refractivity contribution in [2.24, 2.45) is 22.7 Å². The molecule has 5 heteroatoms. The molecule has 1 aliphatic heterocycles. The number of hydrogen-bond acceptors (Lipinski definition) is 5. The molecule has 2 saturated carbocycles. The minimum absolute atomic E-state index is 0.0556. The molecule has 0 spiro atoms. The second-order valence-electron chi connectivity index (χ2n) is 8.69. The van der Waals surface area contributed by atoms with E-state index in [0.717, 1.165) is 50.4 Å². The molecule has 0 N–H and O–H groups in total. The lowest BCUT2D eigenvalue weighted by Gasteiger charge is -2.57. The molecule has 0 aromatic rings. The zero-order valence-corrected chi connectivity index (χ0v) is 16.4. The highest BCUT2D eigenvalue weighted by Crippen LogP contribution is 2.61. The lowest BCUT2D eigenvalue weighted by Crippen LogP contribution is -2.54.